The molecular formula is C15H29NO2. The molecule has 0 atom stereocenters. The number of carbonyl (C=O) groups excluding carboxylic acids is 1. The Morgan fingerprint density at radius 3 is 2.50 bits per heavy atom. The largest absolute Gasteiger partial charge is 0.462 e. The minimum Gasteiger partial charge on any atom is -0.462 e. The fraction of sp³-hybridized carbons (Fsp3) is 0.800. The molecular weight excluding hydrogens is 226 g/mol. The normalized spacial score (nSPS) is 11.3. The van der Waals surface area contributed by atoms with Crippen LogP contribution in [-0.4, -0.2) is 38.1 Å². The van der Waals surface area contributed by atoms with Crippen molar-refractivity contribution in [1.82, 2.24) is 4.90 Å². The van der Waals surface area contributed by atoms with E-state index in [-0.39, 0.29) is 5.97 Å². The van der Waals surface area contributed by atoms with Gasteiger partial charge in [-0.2, -0.15) is 0 Å². The molecule has 0 N–H and O–H groups in total. The van der Waals surface area contributed by atoms with Gasteiger partial charge in [-0.3, -0.25) is 0 Å². The molecule has 0 aromatic carbocycles. The highest BCUT2D eigenvalue weighted by Gasteiger charge is 1.97. The lowest BCUT2D eigenvalue weighted by Crippen LogP contribution is -2.15. The molecule has 0 aromatic rings. The Bertz CT molecular complexity index is 225. The summed E-state index contributed by atoms with van der Waals surface area (Å²) in [5.41, 5.74) is 0. The van der Waals surface area contributed by atoms with Crippen LogP contribution in [0.3, 0.4) is 0 Å². The van der Waals surface area contributed by atoms with Crippen LogP contribution >= 0.6 is 0 Å². The van der Waals surface area contributed by atoms with E-state index in [0.717, 1.165) is 19.4 Å². The number of allylic oxidation sites excluding steroid dienone is 1. The maximum absolute atomic E-state index is 11.3. The molecule has 0 rings (SSSR count). The maximum Gasteiger partial charge on any atom is 0.330 e. The number of ether oxygens (including phenoxy) is 1. The van der Waals surface area contributed by atoms with Crippen molar-refractivity contribution in [2.75, 3.05) is 27.2 Å². The highest BCUT2D eigenvalue weighted by atomic mass is 16.5. The van der Waals surface area contributed by atoms with Crippen LogP contribution < -0.4 is 0 Å². The Balaban J connectivity index is 3.34. The second kappa shape index (κ2) is 12.6. The summed E-state index contributed by atoms with van der Waals surface area (Å²) < 4.78 is 5.09. The number of hydrogen-bond donors (Lipinski definition) is 0. The third kappa shape index (κ3) is 13.2. The van der Waals surface area contributed by atoms with E-state index >= 15 is 0 Å². The summed E-state index contributed by atoms with van der Waals surface area (Å²) in [4.78, 5) is 13.4. The Hall–Kier alpha value is -0.830. The van der Waals surface area contributed by atoms with Crippen molar-refractivity contribution in [3.63, 3.8) is 0 Å². The van der Waals surface area contributed by atoms with Crippen LogP contribution in [0.25, 0.3) is 0 Å². The molecule has 18 heavy (non-hydrogen) atoms. The minimum absolute atomic E-state index is 0.206. The number of unbranched alkanes of at least 4 members (excludes halogenated alkanes) is 5. The monoisotopic (exact) mass is 255 g/mol. The van der Waals surface area contributed by atoms with E-state index in [0.29, 0.717) is 6.61 Å². The van der Waals surface area contributed by atoms with Crippen LogP contribution in [0.15, 0.2) is 12.2 Å². The third-order valence-corrected chi connectivity index (χ3v) is 2.72. The van der Waals surface area contributed by atoms with Crippen molar-refractivity contribution in [2.45, 2.75) is 51.9 Å². The van der Waals surface area contributed by atoms with Crippen molar-refractivity contribution >= 4 is 5.97 Å². The van der Waals surface area contributed by atoms with Gasteiger partial charge >= 0.3 is 5.97 Å². The summed E-state index contributed by atoms with van der Waals surface area (Å²) in [5, 5.41) is 0. The highest BCUT2D eigenvalue weighted by molar-refractivity contribution is 5.81. The zero-order valence-corrected chi connectivity index (χ0v) is 12.3. The summed E-state index contributed by atoms with van der Waals surface area (Å²) in [6.07, 6.45) is 11.7. The van der Waals surface area contributed by atoms with E-state index in [1.165, 1.54) is 32.1 Å². The Kier molecular flexibility index (Phi) is 12.0. The Morgan fingerprint density at radius 1 is 1.11 bits per heavy atom. The van der Waals surface area contributed by atoms with Gasteiger partial charge in [0.05, 0.1) is 6.61 Å². The molecule has 0 aliphatic carbocycles. The van der Waals surface area contributed by atoms with E-state index in [1.54, 1.807) is 6.08 Å². The fourth-order valence-corrected chi connectivity index (χ4v) is 1.65. The van der Waals surface area contributed by atoms with E-state index in [9.17, 15) is 4.79 Å². The number of hydrogen-bond acceptors (Lipinski definition) is 3. The van der Waals surface area contributed by atoms with Gasteiger partial charge < -0.3 is 9.64 Å². The molecule has 0 saturated carbocycles. The summed E-state index contributed by atoms with van der Waals surface area (Å²) in [6.45, 7) is 3.68. The molecule has 3 nitrogen and oxygen atoms in total. The van der Waals surface area contributed by atoms with E-state index in [4.69, 9.17) is 4.74 Å². The molecule has 0 amide bonds. The van der Waals surface area contributed by atoms with Crippen LogP contribution in [0.5, 0.6) is 0 Å². The van der Waals surface area contributed by atoms with Crippen molar-refractivity contribution < 1.29 is 9.53 Å². The average Bonchev–Trinajstić information content (AvgIpc) is 2.33. The van der Waals surface area contributed by atoms with Crippen LogP contribution in [0, 0.1) is 0 Å². The second-order valence-electron chi connectivity index (χ2n) is 4.93. The number of carbonyl (C=O) groups is 1. The van der Waals surface area contributed by atoms with Gasteiger partial charge in [-0.1, -0.05) is 38.7 Å². The standard InChI is InChI=1S/C15H29NO2/c1-4-5-6-7-8-9-10-12-15(17)18-14-11-13-16(2)3/h10,12H,4-9,11,13-14H2,1-3H3/b12-10+. The first-order valence-electron chi connectivity index (χ1n) is 7.14. The topological polar surface area (TPSA) is 29.5 Å². The van der Waals surface area contributed by atoms with Crippen LogP contribution in [0.1, 0.15) is 51.9 Å². The number of rotatable bonds is 11. The number of nitrogens with zero attached hydrogens (tertiary/aromatic N) is 1. The lowest BCUT2D eigenvalue weighted by molar-refractivity contribution is -0.137. The van der Waals surface area contributed by atoms with Crippen molar-refractivity contribution in [1.29, 1.82) is 0 Å². The molecule has 0 aromatic heterocycles. The van der Waals surface area contributed by atoms with Crippen molar-refractivity contribution in [3.05, 3.63) is 12.2 Å². The number of esters is 1. The SMILES string of the molecule is CCCCCCC/C=C/C(=O)OCCCN(C)C. The van der Waals surface area contributed by atoms with Gasteiger partial charge in [0.2, 0.25) is 0 Å². The van der Waals surface area contributed by atoms with Crippen molar-refractivity contribution in [3.8, 4) is 0 Å². The lowest BCUT2D eigenvalue weighted by atomic mass is 10.1. The quantitative estimate of drug-likeness (QED) is 0.322. The molecule has 0 bridgehead atoms. The molecule has 0 saturated heterocycles. The van der Waals surface area contributed by atoms with Gasteiger partial charge in [0.15, 0.2) is 0 Å². The molecule has 0 fully saturated rings. The molecule has 3 heteroatoms. The average molecular weight is 255 g/mol. The molecule has 0 aliphatic heterocycles. The highest BCUT2D eigenvalue weighted by Crippen LogP contribution is 2.05. The van der Waals surface area contributed by atoms with Gasteiger partial charge in [0.25, 0.3) is 0 Å². The molecule has 106 valence electrons. The van der Waals surface area contributed by atoms with E-state index in [2.05, 4.69) is 11.8 Å². The summed E-state index contributed by atoms with van der Waals surface area (Å²) in [7, 11) is 4.03. The maximum atomic E-state index is 11.3. The van der Waals surface area contributed by atoms with Crippen LogP contribution in [0.2, 0.25) is 0 Å². The van der Waals surface area contributed by atoms with E-state index in [1.807, 2.05) is 20.2 Å². The molecule has 0 radical (unpaired) electrons. The van der Waals surface area contributed by atoms with Gasteiger partial charge in [0, 0.05) is 12.6 Å². The Labute approximate surface area is 112 Å². The first kappa shape index (κ1) is 17.2. The van der Waals surface area contributed by atoms with Crippen LogP contribution in [-0.2, 0) is 9.53 Å². The molecule has 0 aliphatic rings. The van der Waals surface area contributed by atoms with Gasteiger partial charge in [-0.15, -0.1) is 0 Å². The van der Waals surface area contributed by atoms with E-state index < -0.39 is 0 Å². The first-order valence-corrected chi connectivity index (χ1v) is 7.14. The zero-order chi connectivity index (χ0) is 13.6. The predicted molar refractivity (Wildman–Crippen MR) is 76.6 cm³/mol. The third-order valence-electron chi connectivity index (χ3n) is 2.72. The fourth-order valence-electron chi connectivity index (χ4n) is 1.65. The minimum atomic E-state index is -0.206. The molecule has 0 heterocycles. The van der Waals surface area contributed by atoms with Crippen LogP contribution in [0.4, 0.5) is 0 Å². The molecule has 0 unspecified atom stereocenters. The Morgan fingerprint density at radius 2 is 1.83 bits per heavy atom. The van der Waals surface area contributed by atoms with Gasteiger partial charge in [-0.25, -0.2) is 4.79 Å². The summed E-state index contributed by atoms with van der Waals surface area (Å²) in [6, 6.07) is 0. The second-order valence-corrected chi connectivity index (χ2v) is 4.93. The summed E-state index contributed by atoms with van der Waals surface area (Å²) in [5.74, 6) is -0.206. The predicted octanol–water partition coefficient (Wildman–Crippen LogP) is 3.40. The first-order chi connectivity index (χ1) is 8.66. The molecule has 0 spiro atoms. The van der Waals surface area contributed by atoms with Crippen molar-refractivity contribution in [2.24, 2.45) is 0 Å². The van der Waals surface area contributed by atoms with Gasteiger partial charge in [0.1, 0.15) is 0 Å². The van der Waals surface area contributed by atoms with Gasteiger partial charge in [-0.05, 0) is 33.4 Å². The zero-order valence-electron chi connectivity index (χ0n) is 12.3. The smallest absolute Gasteiger partial charge is 0.330 e. The summed E-state index contributed by atoms with van der Waals surface area (Å²) >= 11 is 0. The lowest BCUT2D eigenvalue weighted by Gasteiger charge is -2.08.